The molecule has 5 heteroatoms. The average molecular weight is 266 g/mol. The topological polar surface area (TPSA) is 34.1 Å². The van der Waals surface area contributed by atoms with E-state index in [2.05, 4.69) is 10.3 Å². The molecule has 18 heavy (non-hydrogen) atoms. The molecule has 0 spiro atoms. The molecule has 0 radical (unpaired) electrons. The number of nitrogens with one attached hydrogen (secondary N) is 1. The third-order valence-corrected chi connectivity index (χ3v) is 3.35. The Hall–Kier alpha value is -1.46. The fraction of sp³-hybridized carbons (Fsp3) is 0.308. The van der Waals surface area contributed by atoms with Gasteiger partial charge < -0.3 is 10.1 Å². The van der Waals surface area contributed by atoms with Gasteiger partial charge in [0.05, 0.1) is 0 Å². The van der Waals surface area contributed by atoms with Crippen molar-refractivity contribution in [2.24, 2.45) is 0 Å². The Bertz CT molecular complexity index is 527. The Morgan fingerprint density at radius 1 is 1.44 bits per heavy atom. The lowest BCUT2D eigenvalue weighted by molar-refractivity contribution is 0.301. The fourth-order valence-corrected chi connectivity index (χ4v) is 2.31. The van der Waals surface area contributed by atoms with E-state index in [1.165, 1.54) is 12.1 Å². The van der Waals surface area contributed by atoms with Crippen LogP contribution in [0.1, 0.15) is 16.3 Å². The average Bonchev–Trinajstić information content (AvgIpc) is 2.75. The van der Waals surface area contributed by atoms with Crippen molar-refractivity contribution >= 4 is 11.3 Å². The number of halogens is 1. The molecule has 0 unspecified atom stereocenters. The molecule has 0 aliphatic carbocycles. The highest BCUT2D eigenvalue weighted by atomic mass is 32.1. The molecule has 0 aliphatic heterocycles. The van der Waals surface area contributed by atoms with E-state index in [1.807, 2.05) is 19.4 Å². The van der Waals surface area contributed by atoms with Crippen LogP contribution in [0.4, 0.5) is 4.39 Å². The van der Waals surface area contributed by atoms with Gasteiger partial charge >= 0.3 is 0 Å². The number of nitrogens with zero attached hydrogens (tertiary/aromatic N) is 1. The summed E-state index contributed by atoms with van der Waals surface area (Å²) in [7, 11) is 1.82. The smallest absolute Gasteiger partial charge is 0.140 e. The van der Waals surface area contributed by atoms with E-state index in [0.717, 1.165) is 16.3 Å². The monoisotopic (exact) mass is 266 g/mol. The van der Waals surface area contributed by atoms with E-state index in [1.54, 1.807) is 17.4 Å². The number of aromatic nitrogens is 1. The number of hydrogen-bond donors (Lipinski definition) is 1. The lowest BCUT2D eigenvalue weighted by Gasteiger charge is -2.10. The number of rotatable bonds is 5. The first-order valence-electron chi connectivity index (χ1n) is 5.66. The highest BCUT2D eigenvalue weighted by molar-refractivity contribution is 7.09. The molecule has 96 valence electrons. The van der Waals surface area contributed by atoms with Crippen molar-refractivity contribution in [3.8, 4) is 5.75 Å². The molecule has 1 N–H and O–H groups in total. The summed E-state index contributed by atoms with van der Waals surface area (Å²) in [6.07, 6.45) is 0. The SMILES string of the molecule is CNCc1cc(F)ccc1OCc1nc(C)cs1. The second-order valence-electron chi connectivity index (χ2n) is 3.95. The zero-order valence-electron chi connectivity index (χ0n) is 10.4. The molecule has 0 saturated carbocycles. The van der Waals surface area contributed by atoms with Crippen molar-refractivity contribution in [1.82, 2.24) is 10.3 Å². The van der Waals surface area contributed by atoms with Crippen LogP contribution in [0.2, 0.25) is 0 Å². The summed E-state index contributed by atoms with van der Waals surface area (Å²) in [6, 6.07) is 4.54. The first kappa shape index (κ1) is 13.0. The Kier molecular flexibility index (Phi) is 4.28. The Labute approximate surface area is 110 Å². The Morgan fingerprint density at radius 2 is 2.28 bits per heavy atom. The van der Waals surface area contributed by atoms with Gasteiger partial charge in [-0.15, -0.1) is 11.3 Å². The minimum atomic E-state index is -0.252. The maximum Gasteiger partial charge on any atom is 0.140 e. The van der Waals surface area contributed by atoms with Crippen molar-refractivity contribution < 1.29 is 9.13 Å². The van der Waals surface area contributed by atoms with Gasteiger partial charge in [0.15, 0.2) is 0 Å². The van der Waals surface area contributed by atoms with Crippen LogP contribution < -0.4 is 10.1 Å². The summed E-state index contributed by atoms with van der Waals surface area (Å²) in [5.41, 5.74) is 1.80. The fourth-order valence-electron chi connectivity index (χ4n) is 1.63. The number of thiazole rings is 1. The van der Waals surface area contributed by atoms with Gasteiger partial charge in [0.25, 0.3) is 0 Å². The molecular weight excluding hydrogens is 251 g/mol. The standard InChI is InChI=1S/C13H15FN2OS/c1-9-8-18-13(16-9)7-17-12-4-3-11(14)5-10(12)6-15-2/h3-5,8,15H,6-7H2,1-2H3. The van der Waals surface area contributed by atoms with Gasteiger partial charge in [-0.05, 0) is 32.2 Å². The largest absolute Gasteiger partial charge is 0.486 e. The summed E-state index contributed by atoms with van der Waals surface area (Å²) in [4.78, 5) is 4.32. The van der Waals surface area contributed by atoms with E-state index in [9.17, 15) is 4.39 Å². The molecule has 0 bridgehead atoms. The van der Waals surface area contributed by atoms with Gasteiger partial charge in [-0.1, -0.05) is 0 Å². The van der Waals surface area contributed by atoms with Gasteiger partial charge in [0, 0.05) is 23.2 Å². The van der Waals surface area contributed by atoms with E-state index >= 15 is 0 Å². The molecule has 1 aromatic heterocycles. The summed E-state index contributed by atoms with van der Waals surface area (Å²) in [6.45, 7) is 2.94. The highest BCUT2D eigenvalue weighted by Gasteiger charge is 2.06. The number of hydrogen-bond acceptors (Lipinski definition) is 4. The number of aryl methyl sites for hydroxylation is 1. The molecule has 0 fully saturated rings. The molecule has 0 saturated heterocycles. The molecule has 2 rings (SSSR count). The van der Waals surface area contributed by atoms with Crippen molar-refractivity contribution in [3.05, 3.63) is 45.7 Å². The molecule has 1 heterocycles. The quantitative estimate of drug-likeness (QED) is 0.903. The molecule has 0 amide bonds. The van der Waals surface area contributed by atoms with Crippen LogP contribution in [0.3, 0.4) is 0 Å². The van der Waals surface area contributed by atoms with Crippen molar-refractivity contribution in [1.29, 1.82) is 0 Å². The minimum absolute atomic E-state index is 0.252. The summed E-state index contributed by atoms with van der Waals surface area (Å²) >= 11 is 1.57. The third kappa shape index (κ3) is 3.27. The van der Waals surface area contributed by atoms with Crippen LogP contribution in [0.15, 0.2) is 23.6 Å². The van der Waals surface area contributed by atoms with E-state index in [-0.39, 0.29) is 5.82 Å². The van der Waals surface area contributed by atoms with E-state index in [4.69, 9.17) is 4.74 Å². The molecule has 0 aliphatic rings. The van der Waals surface area contributed by atoms with Crippen LogP contribution in [-0.2, 0) is 13.2 Å². The zero-order chi connectivity index (χ0) is 13.0. The van der Waals surface area contributed by atoms with Gasteiger partial charge in [-0.25, -0.2) is 9.37 Å². The Morgan fingerprint density at radius 3 is 2.94 bits per heavy atom. The summed E-state index contributed by atoms with van der Waals surface area (Å²) < 4.78 is 18.8. The molecule has 1 aromatic carbocycles. The first-order valence-corrected chi connectivity index (χ1v) is 6.54. The Balaban J connectivity index is 2.08. The van der Waals surface area contributed by atoms with Crippen LogP contribution in [0, 0.1) is 12.7 Å². The molecule has 0 atom stereocenters. The van der Waals surface area contributed by atoms with E-state index < -0.39 is 0 Å². The van der Waals surface area contributed by atoms with Crippen molar-refractivity contribution in [2.75, 3.05) is 7.05 Å². The molecular formula is C13H15FN2OS. The maximum atomic E-state index is 13.1. The predicted octanol–water partition coefficient (Wildman–Crippen LogP) is 2.89. The van der Waals surface area contributed by atoms with Crippen LogP contribution in [0.25, 0.3) is 0 Å². The van der Waals surface area contributed by atoms with Crippen LogP contribution in [0.5, 0.6) is 5.75 Å². The zero-order valence-corrected chi connectivity index (χ0v) is 11.2. The highest BCUT2D eigenvalue weighted by Crippen LogP contribution is 2.21. The normalized spacial score (nSPS) is 10.6. The van der Waals surface area contributed by atoms with Crippen molar-refractivity contribution in [3.63, 3.8) is 0 Å². The summed E-state index contributed by atoms with van der Waals surface area (Å²) in [5.74, 6) is 0.441. The van der Waals surface area contributed by atoms with Crippen LogP contribution >= 0.6 is 11.3 Å². The predicted molar refractivity (Wildman–Crippen MR) is 70.3 cm³/mol. The van der Waals surface area contributed by atoms with Crippen LogP contribution in [-0.4, -0.2) is 12.0 Å². The third-order valence-electron chi connectivity index (χ3n) is 2.41. The lowest BCUT2D eigenvalue weighted by Crippen LogP contribution is -2.08. The van der Waals surface area contributed by atoms with Gasteiger partial charge in [-0.2, -0.15) is 0 Å². The molecule has 3 nitrogen and oxygen atoms in total. The lowest BCUT2D eigenvalue weighted by atomic mass is 10.2. The van der Waals surface area contributed by atoms with Gasteiger partial charge in [0.1, 0.15) is 23.2 Å². The minimum Gasteiger partial charge on any atom is -0.486 e. The summed E-state index contributed by atoms with van der Waals surface area (Å²) in [5, 5.41) is 5.90. The molecule has 2 aromatic rings. The van der Waals surface area contributed by atoms with E-state index in [0.29, 0.717) is 18.9 Å². The first-order chi connectivity index (χ1) is 8.69. The van der Waals surface area contributed by atoms with Gasteiger partial charge in [0.2, 0.25) is 0 Å². The number of ether oxygens (including phenoxy) is 1. The maximum absolute atomic E-state index is 13.1. The second-order valence-corrected chi connectivity index (χ2v) is 4.90. The second kappa shape index (κ2) is 5.93. The van der Waals surface area contributed by atoms with Gasteiger partial charge in [-0.3, -0.25) is 0 Å². The number of benzene rings is 1. The van der Waals surface area contributed by atoms with Crippen molar-refractivity contribution in [2.45, 2.75) is 20.1 Å².